The maximum absolute atomic E-state index is 13.9. The summed E-state index contributed by atoms with van der Waals surface area (Å²) in [7, 11) is 1.51. The SMILES string of the molecule is COCCCC(NN)c1cccc(C(F)(F)F)c1F. The Hall–Kier alpha value is -1.18. The number of rotatable bonds is 6. The van der Waals surface area contributed by atoms with E-state index >= 15 is 0 Å². The van der Waals surface area contributed by atoms with E-state index in [2.05, 4.69) is 5.43 Å². The molecule has 3 N–H and O–H groups in total. The van der Waals surface area contributed by atoms with Crippen LogP contribution in [0, 0.1) is 5.82 Å². The summed E-state index contributed by atoms with van der Waals surface area (Å²) >= 11 is 0. The van der Waals surface area contributed by atoms with Crippen molar-refractivity contribution in [1.82, 2.24) is 5.43 Å². The molecular formula is C12H16F4N2O. The summed E-state index contributed by atoms with van der Waals surface area (Å²) in [6, 6.07) is 2.49. The van der Waals surface area contributed by atoms with E-state index in [4.69, 9.17) is 10.6 Å². The van der Waals surface area contributed by atoms with Crippen molar-refractivity contribution >= 4 is 0 Å². The molecule has 0 fully saturated rings. The van der Waals surface area contributed by atoms with E-state index in [-0.39, 0.29) is 5.56 Å². The molecule has 0 saturated carbocycles. The third kappa shape index (κ3) is 4.15. The summed E-state index contributed by atoms with van der Waals surface area (Å²) in [6.45, 7) is 0.429. The van der Waals surface area contributed by atoms with E-state index in [0.717, 1.165) is 0 Å². The molecule has 19 heavy (non-hydrogen) atoms. The first-order valence-electron chi connectivity index (χ1n) is 5.72. The molecule has 1 rings (SSSR count). The van der Waals surface area contributed by atoms with Gasteiger partial charge in [-0.3, -0.25) is 11.3 Å². The van der Waals surface area contributed by atoms with Gasteiger partial charge in [0.05, 0.1) is 5.56 Å². The molecule has 1 aromatic carbocycles. The Labute approximate surface area is 108 Å². The highest BCUT2D eigenvalue weighted by atomic mass is 19.4. The number of alkyl halides is 3. The molecule has 0 radical (unpaired) electrons. The molecule has 0 aliphatic carbocycles. The molecule has 0 saturated heterocycles. The third-order valence-corrected chi connectivity index (χ3v) is 2.75. The molecule has 1 aromatic rings. The zero-order chi connectivity index (χ0) is 14.5. The van der Waals surface area contributed by atoms with Gasteiger partial charge in [-0.15, -0.1) is 0 Å². The van der Waals surface area contributed by atoms with Gasteiger partial charge in [-0.25, -0.2) is 4.39 Å². The second kappa shape index (κ2) is 6.83. The second-order valence-corrected chi connectivity index (χ2v) is 4.06. The van der Waals surface area contributed by atoms with Crippen LogP contribution < -0.4 is 11.3 Å². The minimum Gasteiger partial charge on any atom is -0.385 e. The predicted octanol–water partition coefficient (Wildman–Crippen LogP) is 2.78. The molecule has 0 aliphatic rings. The molecular weight excluding hydrogens is 264 g/mol. The molecule has 1 atom stereocenters. The maximum atomic E-state index is 13.9. The van der Waals surface area contributed by atoms with E-state index in [1.54, 1.807) is 0 Å². The fourth-order valence-corrected chi connectivity index (χ4v) is 1.80. The van der Waals surface area contributed by atoms with Gasteiger partial charge in [-0.1, -0.05) is 12.1 Å². The number of benzene rings is 1. The topological polar surface area (TPSA) is 47.3 Å². The zero-order valence-electron chi connectivity index (χ0n) is 10.4. The molecule has 7 heteroatoms. The summed E-state index contributed by atoms with van der Waals surface area (Å²) in [5.41, 5.74) is 0.964. The van der Waals surface area contributed by atoms with Gasteiger partial charge >= 0.3 is 6.18 Å². The van der Waals surface area contributed by atoms with Crippen LogP contribution in [0.15, 0.2) is 18.2 Å². The number of halogens is 4. The number of hydrazine groups is 1. The van der Waals surface area contributed by atoms with Gasteiger partial charge in [0, 0.05) is 25.3 Å². The lowest BCUT2D eigenvalue weighted by Crippen LogP contribution is -2.29. The van der Waals surface area contributed by atoms with E-state index in [1.165, 1.54) is 19.2 Å². The number of hydrogen-bond acceptors (Lipinski definition) is 3. The van der Waals surface area contributed by atoms with Crippen molar-refractivity contribution in [3.8, 4) is 0 Å². The average molecular weight is 280 g/mol. The zero-order valence-corrected chi connectivity index (χ0v) is 10.4. The first kappa shape index (κ1) is 15.9. The van der Waals surface area contributed by atoms with E-state index < -0.39 is 23.6 Å². The second-order valence-electron chi connectivity index (χ2n) is 4.06. The maximum Gasteiger partial charge on any atom is 0.419 e. The minimum absolute atomic E-state index is 0.0894. The van der Waals surface area contributed by atoms with Crippen molar-refractivity contribution in [2.45, 2.75) is 25.1 Å². The lowest BCUT2D eigenvalue weighted by molar-refractivity contribution is -0.140. The van der Waals surface area contributed by atoms with Crippen LogP contribution in [0.3, 0.4) is 0 Å². The molecule has 0 aliphatic heterocycles. The largest absolute Gasteiger partial charge is 0.419 e. The Kier molecular flexibility index (Phi) is 5.71. The molecule has 0 bridgehead atoms. The summed E-state index contributed by atoms with van der Waals surface area (Å²) < 4.78 is 56.5. The van der Waals surface area contributed by atoms with Gasteiger partial charge < -0.3 is 4.74 Å². The summed E-state index contributed by atoms with van der Waals surface area (Å²) in [6.07, 6.45) is -3.78. The highest BCUT2D eigenvalue weighted by Crippen LogP contribution is 2.34. The molecule has 0 spiro atoms. The Balaban J connectivity index is 2.98. The Morgan fingerprint density at radius 3 is 2.58 bits per heavy atom. The van der Waals surface area contributed by atoms with Crippen molar-refractivity contribution in [2.75, 3.05) is 13.7 Å². The summed E-state index contributed by atoms with van der Waals surface area (Å²) in [5.74, 6) is 3.99. The quantitative estimate of drug-likeness (QED) is 0.364. The third-order valence-electron chi connectivity index (χ3n) is 2.75. The number of methoxy groups -OCH3 is 1. The Morgan fingerprint density at radius 2 is 2.05 bits per heavy atom. The lowest BCUT2D eigenvalue weighted by atomic mass is 9.99. The highest BCUT2D eigenvalue weighted by molar-refractivity contribution is 5.30. The average Bonchev–Trinajstić information content (AvgIpc) is 2.34. The molecule has 3 nitrogen and oxygen atoms in total. The Morgan fingerprint density at radius 1 is 1.37 bits per heavy atom. The fourth-order valence-electron chi connectivity index (χ4n) is 1.80. The number of nitrogens with one attached hydrogen (secondary N) is 1. The summed E-state index contributed by atoms with van der Waals surface area (Å²) in [4.78, 5) is 0. The first-order chi connectivity index (χ1) is 8.91. The van der Waals surface area contributed by atoms with Crippen molar-refractivity contribution in [1.29, 1.82) is 0 Å². The van der Waals surface area contributed by atoms with Crippen LogP contribution >= 0.6 is 0 Å². The monoisotopic (exact) mass is 280 g/mol. The van der Waals surface area contributed by atoms with Gasteiger partial charge in [0.1, 0.15) is 5.82 Å². The van der Waals surface area contributed by atoms with Crippen molar-refractivity contribution < 1.29 is 22.3 Å². The molecule has 108 valence electrons. The van der Waals surface area contributed by atoms with Crippen molar-refractivity contribution in [3.63, 3.8) is 0 Å². The first-order valence-corrected chi connectivity index (χ1v) is 5.72. The number of ether oxygens (including phenoxy) is 1. The van der Waals surface area contributed by atoms with Gasteiger partial charge in [0.25, 0.3) is 0 Å². The smallest absolute Gasteiger partial charge is 0.385 e. The fraction of sp³-hybridized carbons (Fsp3) is 0.500. The van der Waals surface area contributed by atoms with Crippen LogP contribution in [-0.4, -0.2) is 13.7 Å². The van der Waals surface area contributed by atoms with Gasteiger partial charge in [0.15, 0.2) is 0 Å². The lowest BCUT2D eigenvalue weighted by Gasteiger charge is -2.19. The highest BCUT2D eigenvalue weighted by Gasteiger charge is 2.35. The predicted molar refractivity (Wildman–Crippen MR) is 62.6 cm³/mol. The van der Waals surface area contributed by atoms with Gasteiger partial charge in [0.2, 0.25) is 0 Å². The van der Waals surface area contributed by atoms with Crippen LogP contribution in [0.1, 0.15) is 30.0 Å². The number of hydrogen-bond donors (Lipinski definition) is 2. The Bertz CT molecular complexity index is 409. The van der Waals surface area contributed by atoms with Crippen LogP contribution in [-0.2, 0) is 10.9 Å². The van der Waals surface area contributed by atoms with E-state index in [9.17, 15) is 17.6 Å². The van der Waals surface area contributed by atoms with Crippen LogP contribution in [0.5, 0.6) is 0 Å². The molecule has 0 heterocycles. The van der Waals surface area contributed by atoms with E-state index in [0.29, 0.717) is 25.5 Å². The summed E-state index contributed by atoms with van der Waals surface area (Å²) in [5, 5.41) is 0. The molecule has 1 unspecified atom stereocenters. The van der Waals surface area contributed by atoms with E-state index in [1.807, 2.05) is 0 Å². The van der Waals surface area contributed by atoms with Crippen molar-refractivity contribution in [2.24, 2.45) is 5.84 Å². The molecule has 0 aromatic heterocycles. The van der Waals surface area contributed by atoms with Gasteiger partial charge in [-0.05, 0) is 18.9 Å². The van der Waals surface area contributed by atoms with Gasteiger partial charge in [-0.2, -0.15) is 13.2 Å². The standard InChI is InChI=1S/C12H16F4N2O/c1-19-7-3-6-10(18-17)8-4-2-5-9(11(8)13)12(14,15)16/h2,4-5,10,18H,3,6-7,17H2,1H3. The molecule has 0 amide bonds. The number of nitrogens with two attached hydrogens (primary N) is 1. The van der Waals surface area contributed by atoms with Crippen LogP contribution in [0.2, 0.25) is 0 Å². The normalized spacial score (nSPS) is 13.6. The van der Waals surface area contributed by atoms with Crippen molar-refractivity contribution in [3.05, 3.63) is 35.1 Å². The minimum atomic E-state index is -4.72. The van der Waals surface area contributed by atoms with Crippen LogP contribution in [0.25, 0.3) is 0 Å². The van der Waals surface area contributed by atoms with Crippen LogP contribution in [0.4, 0.5) is 17.6 Å².